The molecule has 0 saturated carbocycles. The van der Waals surface area contributed by atoms with Crippen molar-refractivity contribution in [3.05, 3.63) is 36.3 Å². The second-order valence-corrected chi connectivity index (χ2v) is 9.51. The lowest BCUT2D eigenvalue weighted by Crippen LogP contribution is -2.04. The summed E-state index contributed by atoms with van der Waals surface area (Å²) in [4.78, 5) is 8.62. The highest BCUT2D eigenvalue weighted by Crippen LogP contribution is 2.42. The third-order valence-electron chi connectivity index (χ3n) is 1.74. The number of alkyl halides is 3. The Bertz CT molecular complexity index is 465. The molecule has 2 rings (SSSR count). The Balaban J connectivity index is 2.63. The molecule has 0 saturated heterocycles. The van der Waals surface area contributed by atoms with Gasteiger partial charge in [0.1, 0.15) is 0 Å². The topological polar surface area (TPSA) is 25.8 Å². The van der Waals surface area contributed by atoms with Crippen molar-refractivity contribution in [1.82, 2.24) is 9.97 Å². The highest BCUT2D eigenvalue weighted by Gasteiger charge is 2.24. The van der Waals surface area contributed by atoms with E-state index in [0.717, 1.165) is 10.9 Å². The summed E-state index contributed by atoms with van der Waals surface area (Å²) in [6.07, 6.45) is 1.80. The summed E-state index contributed by atoms with van der Waals surface area (Å²) in [7, 11) is 0. The fraction of sp³-hybridized carbons (Fsp3) is 0.111. The van der Waals surface area contributed by atoms with Crippen LogP contribution in [0, 0.1) is 0 Å². The van der Waals surface area contributed by atoms with Gasteiger partial charge in [0.2, 0.25) is 0 Å². The summed E-state index contributed by atoms with van der Waals surface area (Å²) >= 11 is 10.1. The SMILES string of the molecule is BrC(Br)(Br)c1ncc2ccccc2n1. The maximum atomic E-state index is 4.39. The van der Waals surface area contributed by atoms with Crippen LogP contribution >= 0.6 is 47.8 Å². The zero-order valence-electron chi connectivity index (χ0n) is 6.92. The molecule has 0 spiro atoms. The standard InChI is InChI=1S/C9H5Br3N2/c10-9(11,12)8-13-5-6-3-1-2-4-7(6)14-8/h1-5H. The Hall–Kier alpha value is 0.0000000000000000555. The highest BCUT2D eigenvalue weighted by molar-refractivity contribution is 9.38. The van der Waals surface area contributed by atoms with E-state index in [1.165, 1.54) is 0 Å². The van der Waals surface area contributed by atoms with Gasteiger partial charge in [0.15, 0.2) is 7.97 Å². The molecule has 0 bridgehead atoms. The molecule has 14 heavy (non-hydrogen) atoms. The van der Waals surface area contributed by atoms with Crippen LogP contribution in [0.5, 0.6) is 0 Å². The first-order chi connectivity index (χ1) is 6.57. The van der Waals surface area contributed by atoms with Crippen LogP contribution < -0.4 is 0 Å². The van der Waals surface area contributed by atoms with E-state index in [0.29, 0.717) is 5.82 Å². The van der Waals surface area contributed by atoms with Gasteiger partial charge in [-0.2, -0.15) is 0 Å². The number of halogens is 3. The molecule has 1 aromatic heterocycles. The molecule has 2 nitrogen and oxygen atoms in total. The fourth-order valence-corrected chi connectivity index (χ4v) is 1.68. The summed E-state index contributed by atoms with van der Waals surface area (Å²) in [5, 5.41) is 1.04. The molecule has 0 unspecified atom stereocenters. The van der Waals surface area contributed by atoms with Crippen LogP contribution in [0.3, 0.4) is 0 Å². The first-order valence-electron chi connectivity index (χ1n) is 3.86. The van der Waals surface area contributed by atoms with Crippen molar-refractivity contribution in [3.8, 4) is 0 Å². The van der Waals surface area contributed by atoms with Crippen molar-refractivity contribution in [2.24, 2.45) is 0 Å². The third kappa shape index (κ3) is 2.15. The molecular weight excluding hydrogens is 376 g/mol. The van der Waals surface area contributed by atoms with Crippen molar-refractivity contribution in [2.75, 3.05) is 0 Å². The van der Waals surface area contributed by atoms with E-state index in [-0.39, 0.29) is 0 Å². The van der Waals surface area contributed by atoms with Crippen LogP contribution in [-0.2, 0) is 2.14 Å². The second-order valence-electron chi connectivity index (χ2n) is 2.75. The van der Waals surface area contributed by atoms with Gasteiger partial charge in [0.05, 0.1) is 5.52 Å². The molecule has 0 radical (unpaired) electrons. The molecule has 0 aliphatic heterocycles. The van der Waals surface area contributed by atoms with E-state index in [4.69, 9.17) is 0 Å². The van der Waals surface area contributed by atoms with Gasteiger partial charge in [-0.1, -0.05) is 66.0 Å². The summed E-state index contributed by atoms with van der Waals surface area (Å²) in [6.45, 7) is 0. The Labute approximate surface area is 107 Å². The van der Waals surface area contributed by atoms with Gasteiger partial charge in [-0.3, -0.25) is 0 Å². The molecule has 0 atom stereocenters. The van der Waals surface area contributed by atoms with Gasteiger partial charge >= 0.3 is 0 Å². The zero-order chi connectivity index (χ0) is 10.2. The van der Waals surface area contributed by atoms with Crippen LogP contribution in [0.1, 0.15) is 5.82 Å². The third-order valence-corrected chi connectivity index (χ3v) is 2.81. The van der Waals surface area contributed by atoms with E-state index < -0.39 is 2.14 Å². The molecule has 0 amide bonds. The van der Waals surface area contributed by atoms with Crippen LogP contribution in [0.25, 0.3) is 10.9 Å². The van der Waals surface area contributed by atoms with Crippen molar-refractivity contribution in [1.29, 1.82) is 0 Å². The van der Waals surface area contributed by atoms with Crippen molar-refractivity contribution >= 4 is 58.7 Å². The largest absolute Gasteiger partial charge is 0.237 e. The summed E-state index contributed by atoms with van der Waals surface area (Å²) in [5.41, 5.74) is 0.931. The minimum absolute atomic E-state index is 0.545. The second kappa shape index (κ2) is 3.87. The number of aromatic nitrogens is 2. The number of benzene rings is 1. The number of hydrogen-bond donors (Lipinski definition) is 0. The van der Waals surface area contributed by atoms with Gasteiger partial charge < -0.3 is 0 Å². The monoisotopic (exact) mass is 378 g/mol. The number of hydrogen-bond acceptors (Lipinski definition) is 2. The number of nitrogens with zero attached hydrogens (tertiary/aromatic N) is 2. The molecule has 2 aromatic rings. The number of fused-ring (bicyclic) bond motifs is 1. The van der Waals surface area contributed by atoms with E-state index in [9.17, 15) is 0 Å². The quantitative estimate of drug-likeness (QED) is 0.647. The Morgan fingerprint density at radius 2 is 1.79 bits per heavy atom. The van der Waals surface area contributed by atoms with E-state index in [1.54, 1.807) is 6.20 Å². The van der Waals surface area contributed by atoms with Gasteiger partial charge in [-0.15, -0.1) is 0 Å². The van der Waals surface area contributed by atoms with Crippen molar-refractivity contribution < 1.29 is 0 Å². The molecule has 72 valence electrons. The van der Waals surface area contributed by atoms with Crippen molar-refractivity contribution in [2.45, 2.75) is 2.14 Å². The van der Waals surface area contributed by atoms with Crippen LogP contribution in [0.2, 0.25) is 0 Å². The van der Waals surface area contributed by atoms with E-state index in [2.05, 4.69) is 57.8 Å². The minimum atomic E-state index is -0.545. The summed E-state index contributed by atoms with van der Waals surface area (Å²) in [5.74, 6) is 0.649. The normalized spacial score (nSPS) is 11.9. The Morgan fingerprint density at radius 3 is 2.50 bits per heavy atom. The molecule has 5 heteroatoms. The maximum absolute atomic E-state index is 4.39. The Kier molecular flexibility index (Phi) is 2.91. The molecule has 0 fully saturated rings. The first kappa shape index (κ1) is 10.5. The number of para-hydroxylation sites is 1. The van der Waals surface area contributed by atoms with Crippen LogP contribution in [-0.4, -0.2) is 9.97 Å². The molecule has 1 aromatic carbocycles. The lowest BCUT2D eigenvalue weighted by molar-refractivity contribution is 1.05. The van der Waals surface area contributed by atoms with Gasteiger partial charge in [0, 0.05) is 11.6 Å². The van der Waals surface area contributed by atoms with E-state index >= 15 is 0 Å². The molecule has 0 N–H and O–H groups in total. The fourth-order valence-electron chi connectivity index (χ4n) is 1.11. The smallest absolute Gasteiger partial charge is 0.193 e. The Morgan fingerprint density at radius 1 is 1.07 bits per heavy atom. The lowest BCUT2D eigenvalue weighted by atomic mass is 10.2. The van der Waals surface area contributed by atoms with Crippen LogP contribution in [0.4, 0.5) is 0 Å². The van der Waals surface area contributed by atoms with E-state index in [1.807, 2.05) is 24.3 Å². The molecular formula is C9H5Br3N2. The summed E-state index contributed by atoms with van der Waals surface area (Å²) in [6, 6.07) is 7.86. The van der Waals surface area contributed by atoms with Crippen molar-refractivity contribution in [3.63, 3.8) is 0 Å². The maximum Gasteiger partial charge on any atom is 0.193 e. The first-order valence-corrected chi connectivity index (χ1v) is 6.24. The van der Waals surface area contributed by atoms with Gasteiger partial charge in [-0.25, -0.2) is 9.97 Å². The predicted octanol–water partition coefficient (Wildman–Crippen LogP) is 3.92. The average Bonchev–Trinajstić information content (AvgIpc) is 2.16. The average molecular weight is 381 g/mol. The zero-order valence-corrected chi connectivity index (χ0v) is 11.7. The van der Waals surface area contributed by atoms with Gasteiger partial charge in [-0.05, 0) is 6.07 Å². The van der Waals surface area contributed by atoms with Gasteiger partial charge in [0.25, 0.3) is 0 Å². The molecule has 1 heterocycles. The summed E-state index contributed by atoms with van der Waals surface area (Å²) < 4.78 is -0.545. The minimum Gasteiger partial charge on any atom is -0.237 e. The van der Waals surface area contributed by atoms with Crippen LogP contribution in [0.15, 0.2) is 30.5 Å². The molecule has 0 aliphatic carbocycles. The molecule has 0 aliphatic rings. The predicted molar refractivity (Wildman–Crippen MR) is 68.0 cm³/mol. The lowest BCUT2D eigenvalue weighted by Gasteiger charge is -2.10. The highest BCUT2D eigenvalue weighted by atomic mass is 80.0. The number of rotatable bonds is 0.